The van der Waals surface area contributed by atoms with Crippen LogP contribution in [0.25, 0.3) is 0 Å². The van der Waals surface area contributed by atoms with Crippen molar-refractivity contribution in [3.8, 4) is 0 Å². The lowest BCUT2D eigenvalue weighted by Gasteiger charge is -2.33. The Kier molecular flexibility index (Phi) is 5.53. The second-order valence-electron chi connectivity index (χ2n) is 4.03. The van der Waals surface area contributed by atoms with Crippen LogP contribution < -0.4 is 5.32 Å². The van der Waals surface area contributed by atoms with Gasteiger partial charge in [-0.1, -0.05) is 20.8 Å². The minimum atomic E-state index is -0.726. The van der Waals surface area contributed by atoms with Gasteiger partial charge in [0.2, 0.25) is 0 Å². The molecule has 2 atom stereocenters. The Hall–Kier alpha value is -0.120. The topological polar surface area (TPSA) is 52.5 Å². The smallest absolute Gasteiger partial charge is 0.0693 e. The molecule has 3 heteroatoms. The summed E-state index contributed by atoms with van der Waals surface area (Å²) in [5.74, 6) is 0.184. The summed E-state index contributed by atoms with van der Waals surface area (Å²) in [6.45, 7) is 6.45. The highest BCUT2D eigenvalue weighted by atomic mass is 16.3. The summed E-state index contributed by atoms with van der Waals surface area (Å²) in [5, 5.41) is 22.5. The van der Waals surface area contributed by atoms with E-state index in [2.05, 4.69) is 5.32 Å². The fourth-order valence-electron chi connectivity index (χ4n) is 1.50. The minimum absolute atomic E-state index is 0.184. The zero-order valence-electron chi connectivity index (χ0n) is 9.17. The first kappa shape index (κ1) is 12.9. The number of hydrogen-bond acceptors (Lipinski definition) is 3. The molecule has 80 valence electrons. The molecule has 0 aromatic rings. The van der Waals surface area contributed by atoms with E-state index in [1.807, 2.05) is 20.8 Å². The number of rotatable bonds is 6. The third-order valence-electron chi connectivity index (χ3n) is 2.72. The minimum Gasteiger partial charge on any atom is -0.392 e. The van der Waals surface area contributed by atoms with E-state index in [0.29, 0.717) is 19.4 Å². The molecule has 0 aromatic carbocycles. The van der Waals surface area contributed by atoms with Gasteiger partial charge in [0.1, 0.15) is 0 Å². The van der Waals surface area contributed by atoms with E-state index in [1.54, 1.807) is 7.05 Å². The van der Waals surface area contributed by atoms with E-state index in [9.17, 15) is 10.2 Å². The van der Waals surface area contributed by atoms with Crippen molar-refractivity contribution in [2.75, 3.05) is 13.6 Å². The van der Waals surface area contributed by atoms with Gasteiger partial charge in [0.25, 0.3) is 0 Å². The molecule has 0 amide bonds. The molecule has 0 bridgehead atoms. The standard InChI is InChI=1S/C10H23NO2/c1-5-10(13,8(2)3)6-9(12)7-11-4/h8-9,11-13H,5-7H2,1-4H3. The van der Waals surface area contributed by atoms with Crippen LogP contribution in [-0.4, -0.2) is 35.5 Å². The maximum atomic E-state index is 10.1. The molecule has 2 unspecified atom stereocenters. The molecular formula is C10H23NO2. The maximum absolute atomic E-state index is 10.1. The Labute approximate surface area is 81.2 Å². The van der Waals surface area contributed by atoms with Gasteiger partial charge in [0, 0.05) is 13.0 Å². The Morgan fingerprint density at radius 3 is 2.23 bits per heavy atom. The molecule has 0 saturated carbocycles. The molecule has 0 aliphatic heterocycles. The molecule has 0 aliphatic rings. The van der Waals surface area contributed by atoms with Crippen LogP contribution >= 0.6 is 0 Å². The van der Waals surface area contributed by atoms with Gasteiger partial charge in [-0.25, -0.2) is 0 Å². The number of likely N-dealkylation sites (N-methyl/N-ethyl adjacent to an activating group) is 1. The van der Waals surface area contributed by atoms with Crippen molar-refractivity contribution in [3.63, 3.8) is 0 Å². The Bertz CT molecular complexity index is 139. The van der Waals surface area contributed by atoms with Crippen molar-refractivity contribution < 1.29 is 10.2 Å². The van der Waals surface area contributed by atoms with Crippen LogP contribution in [0.15, 0.2) is 0 Å². The van der Waals surface area contributed by atoms with Gasteiger partial charge in [-0.15, -0.1) is 0 Å². The number of aliphatic hydroxyl groups is 2. The molecule has 3 N–H and O–H groups in total. The third kappa shape index (κ3) is 4.07. The van der Waals surface area contributed by atoms with Gasteiger partial charge in [-0.2, -0.15) is 0 Å². The molecule has 0 aromatic heterocycles. The number of nitrogens with one attached hydrogen (secondary N) is 1. The van der Waals surface area contributed by atoms with Crippen LogP contribution in [0.3, 0.4) is 0 Å². The van der Waals surface area contributed by atoms with Crippen LogP contribution in [0.2, 0.25) is 0 Å². The molecule has 0 radical (unpaired) electrons. The van der Waals surface area contributed by atoms with Crippen molar-refractivity contribution >= 4 is 0 Å². The first-order chi connectivity index (χ1) is 5.96. The highest BCUT2D eigenvalue weighted by Crippen LogP contribution is 2.26. The summed E-state index contributed by atoms with van der Waals surface area (Å²) >= 11 is 0. The van der Waals surface area contributed by atoms with Crippen molar-refractivity contribution in [3.05, 3.63) is 0 Å². The van der Waals surface area contributed by atoms with Gasteiger partial charge in [-0.3, -0.25) is 0 Å². The van der Waals surface area contributed by atoms with Gasteiger partial charge in [0.15, 0.2) is 0 Å². The Morgan fingerprint density at radius 1 is 1.38 bits per heavy atom. The molecule has 13 heavy (non-hydrogen) atoms. The number of hydrogen-bond donors (Lipinski definition) is 3. The van der Waals surface area contributed by atoms with E-state index >= 15 is 0 Å². The average molecular weight is 189 g/mol. The number of aliphatic hydroxyl groups excluding tert-OH is 1. The summed E-state index contributed by atoms with van der Waals surface area (Å²) < 4.78 is 0. The highest BCUT2D eigenvalue weighted by molar-refractivity contribution is 4.83. The first-order valence-corrected chi connectivity index (χ1v) is 5.01. The summed E-state index contributed by atoms with van der Waals surface area (Å²) in [7, 11) is 1.80. The lowest BCUT2D eigenvalue weighted by Crippen LogP contribution is -2.40. The third-order valence-corrected chi connectivity index (χ3v) is 2.72. The molecule has 0 spiro atoms. The monoisotopic (exact) mass is 189 g/mol. The van der Waals surface area contributed by atoms with E-state index in [0.717, 1.165) is 0 Å². The normalized spacial score (nSPS) is 18.7. The van der Waals surface area contributed by atoms with Crippen LogP contribution in [0.4, 0.5) is 0 Å². The van der Waals surface area contributed by atoms with E-state index < -0.39 is 11.7 Å². The van der Waals surface area contributed by atoms with Crippen molar-refractivity contribution in [2.45, 2.75) is 45.3 Å². The van der Waals surface area contributed by atoms with Crippen LogP contribution in [0.1, 0.15) is 33.6 Å². The van der Waals surface area contributed by atoms with Crippen molar-refractivity contribution in [2.24, 2.45) is 5.92 Å². The summed E-state index contributed by atoms with van der Waals surface area (Å²) in [6, 6.07) is 0. The lowest BCUT2D eigenvalue weighted by atomic mass is 9.83. The Balaban J connectivity index is 4.10. The summed E-state index contributed by atoms with van der Waals surface area (Å²) in [6.07, 6.45) is 0.672. The molecule has 0 aliphatic carbocycles. The van der Waals surface area contributed by atoms with Crippen molar-refractivity contribution in [1.29, 1.82) is 0 Å². The fourth-order valence-corrected chi connectivity index (χ4v) is 1.50. The zero-order chi connectivity index (χ0) is 10.5. The highest BCUT2D eigenvalue weighted by Gasteiger charge is 2.31. The largest absolute Gasteiger partial charge is 0.392 e. The predicted molar refractivity (Wildman–Crippen MR) is 54.6 cm³/mol. The van der Waals surface area contributed by atoms with E-state index in [1.165, 1.54) is 0 Å². The van der Waals surface area contributed by atoms with Crippen molar-refractivity contribution in [1.82, 2.24) is 5.32 Å². The van der Waals surface area contributed by atoms with Crippen LogP contribution in [0.5, 0.6) is 0 Å². The zero-order valence-corrected chi connectivity index (χ0v) is 9.17. The molecule has 0 saturated heterocycles. The molecule has 0 rings (SSSR count). The average Bonchev–Trinajstić information content (AvgIpc) is 2.04. The predicted octanol–water partition coefficient (Wildman–Crippen LogP) is 0.754. The van der Waals surface area contributed by atoms with Crippen LogP contribution in [-0.2, 0) is 0 Å². The van der Waals surface area contributed by atoms with Gasteiger partial charge in [0.05, 0.1) is 11.7 Å². The van der Waals surface area contributed by atoms with Gasteiger partial charge in [-0.05, 0) is 19.4 Å². The second kappa shape index (κ2) is 5.58. The van der Waals surface area contributed by atoms with E-state index in [4.69, 9.17) is 0 Å². The lowest BCUT2D eigenvalue weighted by molar-refractivity contribution is -0.0479. The first-order valence-electron chi connectivity index (χ1n) is 5.01. The molecule has 0 heterocycles. The molecule has 3 nitrogen and oxygen atoms in total. The van der Waals surface area contributed by atoms with E-state index in [-0.39, 0.29) is 5.92 Å². The fraction of sp³-hybridized carbons (Fsp3) is 1.00. The maximum Gasteiger partial charge on any atom is 0.0693 e. The van der Waals surface area contributed by atoms with Gasteiger partial charge < -0.3 is 15.5 Å². The molecule has 0 fully saturated rings. The SMILES string of the molecule is CCC(O)(CC(O)CNC)C(C)C. The van der Waals surface area contributed by atoms with Crippen LogP contribution in [0, 0.1) is 5.92 Å². The summed E-state index contributed by atoms with van der Waals surface area (Å²) in [5.41, 5.74) is -0.726. The van der Waals surface area contributed by atoms with Gasteiger partial charge >= 0.3 is 0 Å². The Morgan fingerprint density at radius 2 is 1.92 bits per heavy atom. The molecular weight excluding hydrogens is 166 g/mol. The second-order valence-corrected chi connectivity index (χ2v) is 4.03. The quantitative estimate of drug-likeness (QED) is 0.578. The summed E-state index contributed by atoms with van der Waals surface area (Å²) in [4.78, 5) is 0.